The fourth-order valence-corrected chi connectivity index (χ4v) is 2.73. The summed E-state index contributed by atoms with van der Waals surface area (Å²) in [6.07, 6.45) is 0.113. The third-order valence-electron chi connectivity index (χ3n) is 3.99. The van der Waals surface area contributed by atoms with Crippen LogP contribution < -0.4 is 0 Å². The molecule has 1 aromatic rings. The Hall–Kier alpha value is -1.39. The van der Waals surface area contributed by atoms with Crippen LogP contribution in [0.1, 0.15) is 25.0 Å². The molecule has 0 saturated carbocycles. The quantitative estimate of drug-likeness (QED) is 0.891. The van der Waals surface area contributed by atoms with E-state index in [1.165, 1.54) is 0 Å². The fourth-order valence-electron chi connectivity index (χ4n) is 2.73. The zero-order chi connectivity index (χ0) is 14.5. The molecule has 1 saturated heterocycles. The van der Waals surface area contributed by atoms with E-state index in [1.54, 1.807) is 0 Å². The van der Waals surface area contributed by atoms with Crippen molar-refractivity contribution in [3.8, 4) is 0 Å². The summed E-state index contributed by atoms with van der Waals surface area (Å²) in [5.74, 6) is -0.762. The number of carbonyl (C=O) groups is 1. The Morgan fingerprint density at radius 3 is 2.30 bits per heavy atom. The number of hydrogen-bond donors (Lipinski definition) is 1. The van der Waals surface area contributed by atoms with Crippen LogP contribution in [0.2, 0.25) is 0 Å². The average molecular weight is 276 g/mol. The normalized spacial score (nSPS) is 17.6. The van der Waals surface area contributed by atoms with Crippen LogP contribution in [0.4, 0.5) is 0 Å². The molecule has 1 N–H and O–H groups in total. The maximum atomic E-state index is 10.9. The summed E-state index contributed by atoms with van der Waals surface area (Å²) >= 11 is 0. The van der Waals surface area contributed by atoms with E-state index in [9.17, 15) is 4.79 Å². The van der Waals surface area contributed by atoms with E-state index in [0.717, 1.165) is 43.9 Å². The molecule has 0 radical (unpaired) electrons. The Labute approximate surface area is 121 Å². The van der Waals surface area contributed by atoms with Crippen LogP contribution in [-0.2, 0) is 17.8 Å². The van der Waals surface area contributed by atoms with Gasteiger partial charge in [-0.15, -0.1) is 0 Å². The Kier molecular flexibility index (Phi) is 5.15. The molecule has 1 aromatic carbocycles. The van der Waals surface area contributed by atoms with Crippen LogP contribution in [0.5, 0.6) is 0 Å². The molecule has 0 aliphatic carbocycles. The highest BCUT2D eigenvalue weighted by Gasteiger charge is 2.19. The lowest BCUT2D eigenvalue weighted by Crippen LogP contribution is -2.48. The smallest absolute Gasteiger partial charge is 0.307 e. The molecule has 4 nitrogen and oxygen atoms in total. The van der Waals surface area contributed by atoms with Crippen LogP contribution in [0.25, 0.3) is 0 Å². The van der Waals surface area contributed by atoms with Gasteiger partial charge in [0.1, 0.15) is 0 Å². The van der Waals surface area contributed by atoms with Crippen molar-refractivity contribution in [2.75, 3.05) is 26.2 Å². The monoisotopic (exact) mass is 276 g/mol. The predicted molar refractivity (Wildman–Crippen MR) is 79.8 cm³/mol. The summed E-state index contributed by atoms with van der Waals surface area (Å²) in [7, 11) is 0. The zero-order valence-corrected chi connectivity index (χ0v) is 12.4. The van der Waals surface area contributed by atoms with Gasteiger partial charge in [-0.25, -0.2) is 0 Å². The number of benzene rings is 1. The fraction of sp³-hybridized carbons (Fsp3) is 0.562. The summed E-state index contributed by atoms with van der Waals surface area (Å²) in [6, 6.07) is 8.49. The maximum absolute atomic E-state index is 10.9. The Balaban J connectivity index is 1.96. The lowest BCUT2D eigenvalue weighted by atomic mass is 10.0. The lowest BCUT2D eigenvalue weighted by Gasteiger charge is -2.37. The van der Waals surface area contributed by atoms with Crippen LogP contribution in [0, 0.1) is 0 Å². The molecular weight excluding hydrogens is 252 g/mol. The van der Waals surface area contributed by atoms with Crippen molar-refractivity contribution in [3.05, 3.63) is 35.4 Å². The van der Waals surface area contributed by atoms with Crippen LogP contribution in [0.3, 0.4) is 0 Å². The van der Waals surface area contributed by atoms with Gasteiger partial charge in [0.05, 0.1) is 6.42 Å². The van der Waals surface area contributed by atoms with Crippen molar-refractivity contribution in [3.63, 3.8) is 0 Å². The maximum Gasteiger partial charge on any atom is 0.307 e. The minimum absolute atomic E-state index is 0.113. The summed E-state index contributed by atoms with van der Waals surface area (Å²) < 4.78 is 0. The highest BCUT2D eigenvalue weighted by Crippen LogP contribution is 2.15. The molecule has 1 fully saturated rings. The molecule has 0 bridgehead atoms. The van der Waals surface area contributed by atoms with E-state index >= 15 is 0 Å². The number of nitrogens with zero attached hydrogens (tertiary/aromatic N) is 2. The van der Waals surface area contributed by atoms with Crippen molar-refractivity contribution >= 4 is 5.97 Å². The Morgan fingerprint density at radius 2 is 1.75 bits per heavy atom. The van der Waals surface area contributed by atoms with E-state index in [4.69, 9.17) is 5.11 Å². The first-order chi connectivity index (χ1) is 9.56. The van der Waals surface area contributed by atoms with Gasteiger partial charge in [0.15, 0.2) is 0 Å². The predicted octanol–water partition coefficient (Wildman–Crippen LogP) is 1.84. The van der Waals surface area contributed by atoms with Gasteiger partial charge in [-0.05, 0) is 25.0 Å². The molecule has 0 unspecified atom stereocenters. The van der Waals surface area contributed by atoms with Gasteiger partial charge in [-0.1, -0.05) is 24.3 Å². The zero-order valence-electron chi connectivity index (χ0n) is 12.4. The van der Waals surface area contributed by atoms with Crippen LogP contribution >= 0.6 is 0 Å². The second-order valence-corrected chi connectivity index (χ2v) is 5.75. The van der Waals surface area contributed by atoms with Crippen molar-refractivity contribution < 1.29 is 9.90 Å². The van der Waals surface area contributed by atoms with E-state index in [-0.39, 0.29) is 6.42 Å². The third kappa shape index (κ3) is 4.05. The molecule has 1 aliphatic heterocycles. The molecule has 0 spiro atoms. The largest absolute Gasteiger partial charge is 0.481 e. The third-order valence-corrected chi connectivity index (χ3v) is 3.99. The van der Waals surface area contributed by atoms with Gasteiger partial charge >= 0.3 is 5.97 Å². The van der Waals surface area contributed by atoms with Gasteiger partial charge in [0.2, 0.25) is 0 Å². The molecule has 2 rings (SSSR count). The molecule has 1 aliphatic rings. The molecule has 110 valence electrons. The minimum Gasteiger partial charge on any atom is -0.481 e. The number of hydrogen-bond acceptors (Lipinski definition) is 3. The van der Waals surface area contributed by atoms with Gasteiger partial charge in [-0.3, -0.25) is 14.6 Å². The topological polar surface area (TPSA) is 43.8 Å². The molecule has 1 heterocycles. The first-order valence-corrected chi connectivity index (χ1v) is 7.31. The molecular formula is C16H24N2O2. The van der Waals surface area contributed by atoms with Crippen molar-refractivity contribution in [2.24, 2.45) is 0 Å². The Morgan fingerprint density at radius 1 is 1.15 bits per heavy atom. The number of carboxylic acids is 1. The van der Waals surface area contributed by atoms with E-state index in [0.29, 0.717) is 6.04 Å². The lowest BCUT2D eigenvalue weighted by molar-refractivity contribution is -0.136. The number of rotatable bonds is 5. The highest BCUT2D eigenvalue weighted by molar-refractivity contribution is 5.70. The minimum atomic E-state index is -0.762. The number of piperazine rings is 1. The number of carboxylic acid groups (broad SMARTS) is 1. The van der Waals surface area contributed by atoms with Gasteiger partial charge in [-0.2, -0.15) is 0 Å². The second kappa shape index (κ2) is 6.86. The van der Waals surface area contributed by atoms with E-state index < -0.39 is 5.97 Å². The van der Waals surface area contributed by atoms with E-state index in [1.807, 2.05) is 24.3 Å². The van der Waals surface area contributed by atoms with E-state index in [2.05, 4.69) is 23.6 Å². The molecule has 4 heteroatoms. The first kappa shape index (κ1) is 15.0. The highest BCUT2D eigenvalue weighted by atomic mass is 16.4. The molecule has 20 heavy (non-hydrogen) atoms. The van der Waals surface area contributed by atoms with Gasteiger partial charge in [0, 0.05) is 38.8 Å². The summed E-state index contributed by atoms with van der Waals surface area (Å²) in [5.41, 5.74) is 2.08. The van der Waals surface area contributed by atoms with Crippen molar-refractivity contribution in [1.82, 2.24) is 9.80 Å². The SMILES string of the molecule is CC(C)N1CCN(Cc2ccccc2CC(=O)O)CC1. The summed E-state index contributed by atoms with van der Waals surface area (Å²) in [6.45, 7) is 9.63. The summed E-state index contributed by atoms with van der Waals surface area (Å²) in [5, 5.41) is 8.97. The van der Waals surface area contributed by atoms with Crippen LogP contribution in [0.15, 0.2) is 24.3 Å². The standard InChI is InChI=1S/C16H24N2O2/c1-13(2)18-9-7-17(8-10-18)12-15-6-4-3-5-14(15)11-16(19)20/h3-6,13H,7-12H2,1-2H3,(H,19,20). The molecule has 0 amide bonds. The van der Waals surface area contributed by atoms with Crippen molar-refractivity contribution in [2.45, 2.75) is 32.9 Å². The van der Waals surface area contributed by atoms with Gasteiger partial charge in [0.25, 0.3) is 0 Å². The Bertz CT molecular complexity index is 452. The average Bonchev–Trinajstić information content (AvgIpc) is 2.41. The summed E-state index contributed by atoms with van der Waals surface area (Å²) in [4.78, 5) is 15.8. The molecule has 0 aromatic heterocycles. The van der Waals surface area contributed by atoms with Crippen LogP contribution in [-0.4, -0.2) is 53.1 Å². The second-order valence-electron chi connectivity index (χ2n) is 5.75. The molecule has 0 atom stereocenters. The van der Waals surface area contributed by atoms with Gasteiger partial charge < -0.3 is 5.11 Å². The van der Waals surface area contributed by atoms with Crippen molar-refractivity contribution in [1.29, 1.82) is 0 Å². The number of aliphatic carboxylic acids is 1. The first-order valence-electron chi connectivity index (χ1n) is 7.31.